The van der Waals surface area contributed by atoms with Crippen LogP contribution in [0.15, 0.2) is 22.7 Å². The van der Waals surface area contributed by atoms with Crippen LogP contribution >= 0.6 is 15.9 Å². The average molecular weight is 315 g/mol. The Labute approximate surface area is 114 Å². The molecule has 0 saturated heterocycles. The Balaban J connectivity index is 3.06. The summed E-state index contributed by atoms with van der Waals surface area (Å²) in [6.07, 6.45) is 0.345. The molecule has 1 amide bonds. The summed E-state index contributed by atoms with van der Waals surface area (Å²) < 4.78 is 0.591. The number of anilines is 1. The maximum Gasteiger partial charge on any atom is 0.326 e. The SMILES string of the molecule is CCC(C(=O)O)N(C)C(=O)c1cc(N)ccc1Br. The molecule has 0 aliphatic rings. The first-order valence-corrected chi connectivity index (χ1v) is 6.22. The number of carboxylic acid groups (broad SMARTS) is 1. The molecule has 0 aliphatic heterocycles. The summed E-state index contributed by atoms with van der Waals surface area (Å²) in [6, 6.07) is 4.01. The van der Waals surface area contributed by atoms with Crippen molar-refractivity contribution in [3.8, 4) is 0 Å². The average Bonchev–Trinajstić information content (AvgIpc) is 2.31. The molecule has 1 rings (SSSR count). The van der Waals surface area contributed by atoms with Crippen molar-refractivity contribution in [2.75, 3.05) is 12.8 Å². The van der Waals surface area contributed by atoms with Crippen molar-refractivity contribution >= 4 is 33.5 Å². The molecule has 0 spiro atoms. The number of likely N-dealkylation sites (N-methyl/N-ethyl adjacent to an activating group) is 1. The Bertz CT molecular complexity index is 476. The number of halogens is 1. The van der Waals surface area contributed by atoms with Gasteiger partial charge in [-0.25, -0.2) is 4.79 Å². The van der Waals surface area contributed by atoms with Gasteiger partial charge in [0, 0.05) is 17.2 Å². The van der Waals surface area contributed by atoms with Crippen molar-refractivity contribution in [3.63, 3.8) is 0 Å². The predicted octanol–water partition coefficient (Wildman–Crippen LogP) is 1.97. The van der Waals surface area contributed by atoms with Crippen molar-refractivity contribution in [1.29, 1.82) is 0 Å². The molecule has 98 valence electrons. The van der Waals surface area contributed by atoms with Crippen LogP contribution in [-0.4, -0.2) is 35.0 Å². The highest BCUT2D eigenvalue weighted by molar-refractivity contribution is 9.10. The van der Waals surface area contributed by atoms with Crippen molar-refractivity contribution < 1.29 is 14.7 Å². The van der Waals surface area contributed by atoms with Crippen LogP contribution < -0.4 is 5.73 Å². The number of carbonyl (C=O) groups is 2. The second-order valence-electron chi connectivity index (χ2n) is 3.92. The zero-order chi connectivity index (χ0) is 13.9. The van der Waals surface area contributed by atoms with Gasteiger partial charge < -0.3 is 15.7 Å². The lowest BCUT2D eigenvalue weighted by molar-refractivity contribution is -0.142. The molecule has 18 heavy (non-hydrogen) atoms. The van der Waals surface area contributed by atoms with Crippen LogP contribution in [0.5, 0.6) is 0 Å². The third kappa shape index (κ3) is 3.01. The van der Waals surface area contributed by atoms with E-state index < -0.39 is 12.0 Å². The van der Waals surface area contributed by atoms with E-state index in [9.17, 15) is 9.59 Å². The van der Waals surface area contributed by atoms with Crippen LogP contribution in [0.1, 0.15) is 23.7 Å². The molecule has 0 fully saturated rings. The van der Waals surface area contributed by atoms with Crippen LogP contribution in [0.4, 0.5) is 5.69 Å². The number of nitrogens with zero attached hydrogens (tertiary/aromatic N) is 1. The van der Waals surface area contributed by atoms with E-state index in [2.05, 4.69) is 15.9 Å². The quantitative estimate of drug-likeness (QED) is 0.832. The van der Waals surface area contributed by atoms with Gasteiger partial charge in [0.15, 0.2) is 0 Å². The molecular formula is C12H15BrN2O3. The van der Waals surface area contributed by atoms with Gasteiger partial charge in [-0.2, -0.15) is 0 Å². The maximum atomic E-state index is 12.2. The van der Waals surface area contributed by atoms with E-state index in [-0.39, 0.29) is 5.91 Å². The highest BCUT2D eigenvalue weighted by atomic mass is 79.9. The Hall–Kier alpha value is -1.56. The number of carboxylic acids is 1. The van der Waals surface area contributed by atoms with Crippen molar-refractivity contribution in [2.45, 2.75) is 19.4 Å². The fourth-order valence-electron chi connectivity index (χ4n) is 1.65. The Morgan fingerprint density at radius 2 is 2.11 bits per heavy atom. The van der Waals surface area contributed by atoms with Gasteiger partial charge in [-0.1, -0.05) is 6.92 Å². The molecule has 0 aromatic heterocycles. The molecule has 3 N–H and O–H groups in total. The van der Waals surface area contributed by atoms with E-state index >= 15 is 0 Å². The van der Waals surface area contributed by atoms with Gasteiger partial charge in [-0.15, -0.1) is 0 Å². The number of carbonyl (C=O) groups excluding carboxylic acids is 1. The molecule has 0 heterocycles. The lowest BCUT2D eigenvalue weighted by atomic mass is 10.1. The van der Waals surface area contributed by atoms with E-state index in [0.717, 1.165) is 0 Å². The highest BCUT2D eigenvalue weighted by Gasteiger charge is 2.26. The van der Waals surface area contributed by atoms with E-state index in [0.29, 0.717) is 22.1 Å². The number of nitrogen functional groups attached to an aromatic ring is 1. The summed E-state index contributed by atoms with van der Waals surface area (Å²) in [4.78, 5) is 24.4. The van der Waals surface area contributed by atoms with Gasteiger partial charge in [0.25, 0.3) is 5.91 Å². The minimum atomic E-state index is -1.02. The van der Waals surface area contributed by atoms with Gasteiger partial charge in [0.1, 0.15) is 6.04 Å². The second kappa shape index (κ2) is 5.86. The second-order valence-corrected chi connectivity index (χ2v) is 4.77. The fraction of sp³-hybridized carbons (Fsp3) is 0.333. The molecule has 0 bridgehead atoms. The zero-order valence-electron chi connectivity index (χ0n) is 10.2. The molecule has 5 nitrogen and oxygen atoms in total. The van der Waals surface area contributed by atoms with Gasteiger partial charge in [-0.3, -0.25) is 4.79 Å². The Morgan fingerprint density at radius 3 is 2.61 bits per heavy atom. The standard InChI is InChI=1S/C12H15BrN2O3/c1-3-10(12(17)18)15(2)11(16)8-6-7(14)4-5-9(8)13/h4-6,10H,3,14H2,1-2H3,(H,17,18). The van der Waals surface area contributed by atoms with Crippen LogP contribution in [0.3, 0.4) is 0 Å². The molecule has 1 aromatic carbocycles. The van der Waals surface area contributed by atoms with Gasteiger partial charge in [0.05, 0.1) is 5.56 Å². The van der Waals surface area contributed by atoms with Crippen molar-refractivity contribution in [3.05, 3.63) is 28.2 Å². The number of nitrogens with two attached hydrogens (primary N) is 1. The van der Waals surface area contributed by atoms with Crippen LogP contribution in [-0.2, 0) is 4.79 Å². The highest BCUT2D eigenvalue weighted by Crippen LogP contribution is 2.22. The predicted molar refractivity (Wildman–Crippen MR) is 72.4 cm³/mol. The zero-order valence-corrected chi connectivity index (χ0v) is 11.8. The molecule has 0 saturated carbocycles. The van der Waals surface area contributed by atoms with Crippen LogP contribution in [0.25, 0.3) is 0 Å². The van der Waals surface area contributed by atoms with Crippen molar-refractivity contribution in [2.24, 2.45) is 0 Å². The largest absolute Gasteiger partial charge is 0.480 e. The molecule has 0 radical (unpaired) electrons. The monoisotopic (exact) mass is 314 g/mol. The molecule has 1 unspecified atom stereocenters. The molecule has 6 heteroatoms. The first kappa shape index (κ1) is 14.5. The third-order valence-corrected chi connectivity index (χ3v) is 3.37. The van der Waals surface area contributed by atoms with E-state index in [4.69, 9.17) is 10.8 Å². The molecule has 0 aliphatic carbocycles. The van der Waals surface area contributed by atoms with Gasteiger partial charge >= 0.3 is 5.97 Å². The molecular weight excluding hydrogens is 300 g/mol. The molecule has 1 aromatic rings. The van der Waals surface area contributed by atoms with Crippen molar-refractivity contribution in [1.82, 2.24) is 4.90 Å². The smallest absolute Gasteiger partial charge is 0.326 e. The lowest BCUT2D eigenvalue weighted by Gasteiger charge is -2.24. The van der Waals surface area contributed by atoms with E-state index in [1.807, 2.05) is 0 Å². The number of hydrogen-bond acceptors (Lipinski definition) is 3. The lowest BCUT2D eigenvalue weighted by Crippen LogP contribution is -2.42. The molecule has 1 atom stereocenters. The minimum Gasteiger partial charge on any atom is -0.480 e. The van der Waals surface area contributed by atoms with Crippen LogP contribution in [0, 0.1) is 0 Å². The van der Waals surface area contributed by atoms with Gasteiger partial charge in [0.2, 0.25) is 0 Å². The maximum absolute atomic E-state index is 12.2. The first-order valence-electron chi connectivity index (χ1n) is 5.43. The third-order valence-electron chi connectivity index (χ3n) is 2.68. The van der Waals surface area contributed by atoms with Crippen LogP contribution in [0.2, 0.25) is 0 Å². The normalized spacial score (nSPS) is 11.9. The minimum absolute atomic E-state index is 0.345. The number of rotatable bonds is 4. The summed E-state index contributed by atoms with van der Waals surface area (Å²) in [5.41, 5.74) is 6.44. The Kier molecular flexibility index (Phi) is 4.72. The topological polar surface area (TPSA) is 83.6 Å². The van der Waals surface area contributed by atoms with E-state index in [1.54, 1.807) is 19.1 Å². The number of benzene rings is 1. The number of aliphatic carboxylic acids is 1. The Morgan fingerprint density at radius 1 is 1.50 bits per heavy atom. The number of amides is 1. The number of hydrogen-bond donors (Lipinski definition) is 2. The van der Waals surface area contributed by atoms with Gasteiger partial charge in [-0.05, 0) is 40.5 Å². The summed E-state index contributed by atoms with van der Waals surface area (Å²) in [7, 11) is 1.47. The summed E-state index contributed by atoms with van der Waals surface area (Å²) in [5, 5.41) is 9.03. The summed E-state index contributed by atoms with van der Waals surface area (Å²) in [6.45, 7) is 1.72. The first-order chi connectivity index (χ1) is 8.38. The fourth-order valence-corrected chi connectivity index (χ4v) is 2.07. The van der Waals surface area contributed by atoms with E-state index in [1.165, 1.54) is 18.0 Å². The summed E-state index contributed by atoms with van der Waals surface area (Å²) >= 11 is 3.26. The summed E-state index contributed by atoms with van der Waals surface area (Å²) in [5.74, 6) is -1.39.